The first-order chi connectivity index (χ1) is 11.8. The molecule has 0 spiro atoms. The Morgan fingerprint density at radius 3 is 2.88 bits per heavy atom. The summed E-state index contributed by atoms with van der Waals surface area (Å²) in [4.78, 5) is 20.4. The van der Waals surface area contributed by atoms with Crippen molar-refractivity contribution in [2.75, 3.05) is 13.1 Å². The third-order valence-corrected chi connectivity index (χ3v) is 7.00. The van der Waals surface area contributed by atoms with Gasteiger partial charge in [-0.25, -0.2) is 0 Å². The fourth-order valence-corrected chi connectivity index (χ4v) is 5.41. The molecule has 2 aliphatic rings. The summed E-state index contributed by atoms with van der Waals surface area (Å²) < 4.78 is 0. The highest BCUT2D eigenvalue weighted by molar-refractivity contribution is 7.10. The van der Waals surface area contributed by atoms with E-state index in [0.29, 0.717) is 18.5 Å². The van der Waals surface area contributed by atoms with Crippen molar-refractivity contribution >= 4 is 28.6 Å². The third-order valence-electron chi connectivity index (χ3n) is 5.14. The number of fused-ring (bicyclic) bond motifs is 1. The molecule has 0 aromatic carbocycles. The molecule has 1 saturated carbocycles. The Balaban J connectivity index is 1.46. The van der Waals surface area contributed by atoms with Gasteiger partial charge in [0.05, 0.1) is 12.6 Å². The molecule has 0 N–H and O–H groups in total. The lowest BCUT2D eigenvalue weighted by atomic mass is 9.97. The Morgan fingerprint density at radius 2 is 2.17 bits per heavy atom. The van der Waals surface area contributed by atoms with Gasteiger partial charge in [-0.3, -0.25) is 9.69 Å². The molecule has 0 radical (unpaired) electrons. The van der Waals surface area contributed by atoms with E-state index < -0.39 is 0 Å². The number of hydrogen-bond acceptors (Lipinski definition) is 4. The van der Waals surface area contributed by atoms with E-state index in [1.54, 1.807) is 11.3 Å². The van der Waals surface area contributed by atoms with Gasteiger partial charge in [0.25, 0.3) is 0 Å². The second kappa shape index (κ2) is 6.98. The Morgan fingerprint density at radius 1 is 1.29 bits per heavy atom. The lowest BCUT2D eigenvalue weighted by Crippen LogP contribution is -2.45. The molecule has 3 heterocycles. The van der Waals surface area contributed by atoms with Crippen LogP contribution in [0.3, 0.4) is 0 Å². The van der Waals surface area contributed by atoms with E-state index in [4.69, 9.17) is 0 Å². The first-order valence-electron chi connectivity index (χ1n) is 8.88. The van der Waals surface area contributed by atoms with Crippen LogP contribution >= 0.6 is 22.7 Å². The van der Waals surface area contributed by atoms with Gasteiger partial charge in [0.2, 0.25) is 5.91 Å². The lowest BCUT2D eigenvalue weighted by Gasteiger charge is -2.37. The van der Waals surface area contributed by atoms with Crippen LogP contribution in [-0.2, 0) is 17.8 Å². The van der Waals surface area contributed by atoms with Gasteiger partial charge in [-0.15, -0.1) is 22.7 Å². The van der Waals surface area contributed by atoms with Crippen LogP contribution in [0, 0.1) is 0 Å². The van der Waals surface area contributed by atoms with Crippen molar-refractivity contribution in [3.63, 3.8) is 0 Å². The summed E-state index contributed by atoms with van der Waals surface area (Å²) in [5.74, 6) is 0.308. The molecule has 3 nitrogen and oxygen atoms in total. The van der Waals surface area contributed by atoms with E-state index in [2.05, 4.69) is 45.7 Å². The van der Waals surface area contributed by atoms with Gasteiger partial charge >= 0.3 is 0 Å². The maximum absolute atomic E-state index is 13.1. The van der Waals surface area contributed by atoms with E-state index in [1.807, 2.05) is 11.3 Å². The standard InChI is InChI=1S/C19H24N2OS2/c1-2-17-16-8-11-24-18(16)7-9-21(17)19(22)13-20(14-5-6-14)12-15-4-3-10-23-15/h3-4,8,10-11,14,17H,2,5-7,9,12-13H2,1H3. The Bertz CT molecular complexity index is 690. The summed E-state index contributed by atoms with van der Waals surface area (Å²) in [6.07, 6.45) is 4.50. The highest BCUT2D eigenvalue weighted by Gasteiger charge is 2.35. The zero-order valence-electron chi connectivity index (χ0n) is 14.1. The molecule has 2 aromatic rings. The molecular weight excluding hydrogens is 336 g/mol. The number of carbonyl (C=O) groups excluding carboxylic acids is 1. The van der Waals surface area contributed by atoms with Gasteiger partial charge in [-0.2, -0.15) is 0 Å². The number of amides is 1. The van der Waals surface area contributed by atoms with Crippen LogP contribution in [0.2, 0.25) is 0 Å². The predicted octanol–water partition coefficient (Wildman–Crippen LogP) is 4.31. The number of hydrogen-bond donors (Lipinski definition) is 0. The van der Waals surface area contributed by atoms with Gasteiger partial charge in [0.15, 0.2) is 0 Å². The SMILES string of the molecule is CCC1c2ccsc2CCN1C(=O)CN(Cc1cccs1)C1CC1. The second-order valence-electron chi connectivity index (χ2n) is 6.78. The quantitative estimate of drug-likeness (QED) is 0.766. The summed E-state index contributed by atoms with van der Waals surface area (Å²) in [5.41, 5.74) is 1.39. The fraction of sp³-hybridized carbons (Fsp3) is 0.526. The number of nitrogens with zero attached hydrogens (tertiary/aromatic N) is 2. The summed E-state index contributed by atoms with van der Waals surface area (Å²) in [7, 11) is 0. The van der Waals surface area contributed by atoms with E-state index in [9.17, 15) is 4.79 Å². The smallest absolute Gasteiger partial charge is 0.237 e. The normalized spacial score (nSPS) is 20.4. The lowest BCUT2D eigenvalue weighted by molar-refractivity contribution is -0.135. The molecule has 128 valence electrons. The Labute approximate surface area is 151 Å². The van der Waals surface area contributed by atoms with Crippen LogP contribution in [-0.4, -0.2) is 34.8 Å². The summed E-state index contributed by atoms with van der Waals surface area (Å²) >= 11 is 3.63. The monoisotopic (exact) mass is 360 g/mol. The van der Waals surface area contributed by atoms with Crippen molar-refractivity contribution in [2.45, 2.75) is 51.2 Å². The van der Waals surface area contributed by atoms with Crippen LogP contribution in [0.5, 0.6) is 0 Å². The zero-order chi connectivity index (χ0) is 16.5. The minimum absolute atomic E-state index is 0.273. The highest BCUT2D eigenvalue weighted by atomic mass is 32.1. The van der Waals surface area contributed by atoms with Crippen molar-refractivity contribution in [2.24, 2.45) is 0 Å². The number of rotatable bonds is 6. The van der Waals surface area contributed by atoms with Crippen LogP contribution < -0.4 is 0 Å². The predicted molar refractivity (Wildman–Crippen MR) is 101 cm³/mol. The van der Waals surface area contributed by atoms with Crippen LogP contribution in [0.15, 0.2) is 29.0 Å². The van der Waals surface area contributed by atoms with Crippen molar-refractivity contribution in [3.8, 4) is 0 Å². The van der Waals surface area contributed by atoms with Gasteiger partial charge < -0.3 is 4.90 Å². The molecule has 24 heavy (non-hydrogen) atoms. The molecule has 0 saturated heterocycles. The van der Waals surface area contributed by atoms with Crippen molar-refractivity contribution in [1.29, 1.82) is 0 Å². The van der Waals surface area contributed by atoms with E-state index in [1.165, 1.54) is 28.2 Å². The minimum atomic E-state index is 0.273. The second-order valence-corrected chi connectivity index (χ2v) is 8.81. The average molecular weight is 361 g/mol. The first kappa shape index (κ1) is 16.3. The number of thiophene rings is 2. The molecule has 1 fully saturated rings. The molecule has 1 atom stereocenters. The molecular formula is C19H24N2OS2. The van der Waals surface area contributed by atoms with Crippen LogP contribution in [0.4, 0.5) is 0 Å². The molecule has 1 amide bonds. The maximum atomic E-state index is 13.1. The van der Waals surface area contributed by atoms with Crippen molar-refractivity contribution in [3.05, 3.63) is 44.3 Å². The van der Waals surface area contributed by atoms with Crippen LogP contribution in [0.25, 0.3) is 0 Å². The van der Waals surface area contributed by atoms with Crippen molar-refractivity contribution < 1.29 is 4.79 Å². The molecule has 1 aliphatic heterocycles. The van der Waals surface area contributed by atoms with Gasteiger partial charge in [-0.05, 0) is 54.1 Å². The fourth-order valence-electron chi connectivity index (χ4n) is 3.76. The largest absolute Gasteiger partial charge is 0.334 e. The Hall–Kier alpha value is -1.17. The van der Waals surface area contributed by atoms with Gasteiger partial charge in [-0.1, -0.05) is 13.0 Å². The third kappa shape index (κ3) is 3.30. The van der Waals surface area contributed by atoms with E-state index in [-0.39, 0.29) is 6.04 Å². The molecule has 1 aliphatic carbocycles. The van der Waals surface area contributed by atoms with Crippen LogP contribution in [0.1, 0.15) is 47.5 Å². The maximum Gasteiger partial charge on any atom is 0.237 e. The summed E-state index contributed by atoms with van der Waals surface area (Å²) in [6, 6.07) is 7.38. The topological polar surface area (TPSA) is 23.6 Å². The van der Waals surface area contributed by atoms with Crippen molar-refractivity contribution in [1.82, 2.24) is 9.80 Å². The zero-order valence-corrected chi connectivity index (χ0v) is 15.7. The average Bonchev–Trinajstić information content (AvgIpc) is 3.10. The molecule has 5 heteroatoms. The molecule has 0 bridgehead atoms. The number of carbonyl (C=O) groups is 1. The van der Waals surface area contributed by atoms with E-state index in [0.717, 1.165) is 25.9 Å². The summed E-state index contributed by atoms with van der Waals surface area (Å²) in [6.45, 7) is 4.56. The first-order valence-corrected chi connectivity index (χ1v) is 10.6. The van der Waals surface area contributed by atoms with Gasteiger partial charge in [0, 0.05) is 28.9 Å². The minimum Gasteiger partial charge on any atom is -0.334 e. The van der Waals surface area contributed by atoms with E-state index >= 15 is 0 Å². The highest BCUT2D eigenvalue weighted by Crippen LogP contribution is 2.36. The molecule has 4 rings (SSSR count). The summed E-state index contributed by atoms with van der Waals surface area (Å²) in [5, 5.41) is 4.30. The molecule has 1 unspecified atom stereocenters. The Kier molecular flexibility index (Phi) is 4.74. The van der Waals surface area contributed by atoms with Gasteiger partial charge in [0.1, 0.15) is 0 Å². The molecule has 2 aromatic heterocycles.